The van der Waals surface area contributed by atoms with Gasteiger partial charge in [-0.2, -0.15) is 0 Å². The second kappa shape index (κ2) is 6.77. The molecule has 0 amide bonds. The molecule has 0 fully saturated rings. The number of para-hydroxylation sites is 2. The van der Waals surface area contributed by atoms with E-state index < -0.39 is 5.60 Å². The summed E-state index contributed by atoms with van der Waals surface area (Å²) < 4.78 is 2.19. The minimum atomic E-state index is -0.821. The Labute approximate surface area is 160 Å². The summed E-state index contributed by atoms with van der Waals surface area (Å²) >= 11 is 0. The van der Waals surface area contributed by atoms with E-state index in [1.54, 1.807) is 0 Å². The van der Waals surface area contributed by atoms with Crippen molar-refractivity contribution >= 4 is 16.9 Å². The molecule has 2 aliphatic rings. The van der Waals surface area contributed by atoms with Gasteiger partial charge >= 0.3 is 0 Å². The van der Waals surface area contributed by atoms with Gasteiger partial charge in [0.05, 0.1) is 16.6 Å². The average Bonchev–Trinajstić information content (AvgIpc) is 2.99. The number of allylic oxidation sites excluding steroid dienone is 1. The minimum Gasteiger partial charge on any atom is -0.390 e. The lowest BCUT2D eigenvalue weighted by Gasteiger charge is -2.38. The number of aliphatic imine (C=N–C) groups is 1. The van der Waals surface area contributed by atoms with E-state index >= 15 is 0 Å². The molecule has 0 aliphatic carbocycles. The Morgan fingerprint density at radius 2 is 2.07 bits per heavy atom. The first-order chi connectivity index (χ1) is 12.8. The van der Waals surface area contributed by atoms with E-state index in [1.807, 2.05) is 32.0 Å². The van der Waals surface area contributed by atoms with E-state index in [0.29, 0.717) is 5.92 Å². The SMILES string of the molecule is CN(C)CCNC1=CC[C@H]2C[C@@H](C(C)(C)O)c3nc4ccccc4n3C2=N1. The number of benzene rings is 1. The first-order valence-electron chi connectivity index (χ1n) is 9.72. The van der Waals surface area contributed by atoms with Crippen LogP contribution < -0.4 is 5.32 Å². The second-order valence-corrected chi connectivity index (χ2v) is 8.46. The zero-order valence-electron chi connectivity index (χ0n) is 16.6. The van der Waals surface area contributed by atoms with Gasteiger partial charge < -0.3 is 15.3 Å². The fourth-order valence-electron chi connectivity index (χ4n) is 4.09. The third kappa shape index (κ3) is 3.39. The number of aliphatic hydroxyl groups is 1. The molecule has 2 N–H and O–H groups in total. The van der Waals surface area contributed by atoms with E-state index in [1.165, 1.54) is 0 Å². The van der Waals surface area contributed by atoms with Crippen LogP contribution in [0.5, 0.6) is 0 Å². The molecule has 6 nitrogen and oxygen atoms in total. The molecule has 0 saturated carbocycles. The first kappa shape index (κ1) is 18.2. The summed E-state index contributed by atoms with van der Waals surface area (Å²) in [4.78, 5) is 12.0. The third-order valence-corrected chi connectivity index (χ3v) is 5.56. The molecular formula is C21H29N5O. The molecule has 2 aromatic rings. The van der Waals surface area contributed by atoms with Crippen LogP contribution >= 0.6 is 0 Å². The summed E-state index contributed by atoms with van der Waals surface area (Å²) in [6.07, 6.45) is 3.99. The van der Waals surface area contributed by atoms with Crippen LogP contribution in [0.4, 0.5) is 0 Å². The maximum Gasteiger partial charge on any atom is 0.124 e. The Bertz CT molecular complexity index is 903. The average molecular weight is 367 g/mol. The number of rotatable bonds is 5. The van der Waals surface area contributed by atoms with Gasteiger partial charge in [0, 0.05) is 24.9 Å². The number of imidazole rings is 1. The molecule has 0 unspecified atom stereocenters. The van der Waals surface area contributed by atoms with Crippen molar-refractivity contribution in [2.75, 3.05) is 27.2 Å². The minimum absolute atomic E-state index is 0.00880. The molecule has 1 aromatic carbocycles. The van der Waals surface area contributed by atoms with Crippen LogP contribution in [0.1, 0.15) is 38.4 Å². The molecule has 0 spiro atoms. The van der Waals surface area contributed by atoms with Crippen molar-refractivity contribution in [3.05, 3.63) is 42.0 Å². The molecular weight excluding hydrogens is 338 g/mol. The van der Waals surface area contributed by atoms with Crippen molar-refractivity contribution in [1.29, 1.82) is 0 Å². The first-order valence-corrected chi connectivity index (χ1v) is 9.72. The number of aromatic nitrogens is 2. The molecule has 2 atom stereocenters. The van der Waals surface area contributed by atoms with Gasteiger partial charge in [-0.25, -0.2) is 9.98 Å². The van der Waals surface area contributed by atoms with E-state index in [9.17, 15) is 5.11 Å². The molecule has 0 saturated heterocycles. The molecule has 27 heavy (non-hydrogen) atoms. The predicted octanol–water partition coefficient (Wildman–Crippen LogP) is 2.55. The van der Waals surface area contributed by atoms with Crippen LogP contribution in [0.25, 0.3) is 11.0 Å². The fraction of sp³-hybridized carbons (Fsp3) is 0.524. The van der Waals surface area contributed by atoms with Crippen molar-refractivity contribution < 1.29 is 5.11 Å². The highest BCUT2D eigenvalue weighted by Gasteiger charge is 2.42. The number of hydrogen-bond donors (Lipinski definition) is 2. The Hall–Kier alpha value is -2.18. The maximum absolute atomic E-state index is 10.8. The zero-order chi connectivity index (χ0) is 19.2. The molecule has 4 rings (SSSR count). The van der Waals surface area contributed by atoms with E-state index in [2.05, 4.69) is 41.0 Å². The van der Waals surface area contributed by atoms with Crippen LogP contribution in [0.3, 0.4) is 0 Å². The fourth-order valence-corrected chi connectivity index (χ4v) is 4.09. The van der Waals surface area contributed by atoms with E-state index in [4.69, 9.17) is 9.98 Å². The van der Waals surface area contributed by atoms with Gasteiger partial charge in [0.2, 0.25) is 0 Å². The number of nitrogens with zero attached hydrogens (tertiary/aromatic N) is 4. The number of nitrogens with one attached hydrogen (secondary N) is 1. The van der Waals surface area contributed by atoms with Crippen LogP contribution in [-0.4, -0.2) is 58.2 Å². The molecule has 6 heteroatoms. The second-order valence-electron chi connectivity index (χ2n) is 8.46. The van der Waals surface area contributed by atoms with Gasteiger partial charge in [-0.1, -0.05) is 12.1 Å². The molecule has 0 radical (unpaired) electrons. The van der Waals surface area contributed by atoms with Gasteiger partial charge in [0.25, 0.3) is 0 Å². The molecule has 3 heterocycles. The van der Waals surface area contributed by atoms with E-state index in [0.717, 1.165) is 54.4 Å². The summed E-state index contributed by atoms with van der Waals surface area (Å²) in [5.41, 5.74) is 1.21. The van der Waals surface area contributed by atoms with Crippen molar-refractivity contribution in [1.82, 2.24) is 19.8 Å². The van der Waals surface area contributed by atoms with Crippen LogP contribution in [0.15, 0.2) is 41.2 Å². The van der Waals surface area contributed by atoms with Gasteiger partial charge in [0.1, 0.15) is 17.5 Å². The summed E-state index contributed by atoms with van der Waals surface area (Å²) in [6.45, 7) is 5.60. The quantitative estimate of drug-likeness (QED) is 0.852. The van der Waals surface area contributed by atoms with Crippen LogP contribution in [0, 0.1) is 5.92 Å². The summed E-state index contributed by atoms with van der Waals surface area (Å²) in [5, 5.41) is 14.2. The zero-order valence-corrected chi connectivity index (χ0v) is 16.6. The molecule has 1 aromatic heterocycles. The summed E-state index contributed by atoms with van der Waals surface area (Å²) in [5.74, 6) is 3.20. The topological polar surface area (TPSA) is 65.7 Å². The van der Waals surface area contributed by atoms with E-state index in [-0.39, 0.29) is 5.92 Å². The van der Waals surface area contributed by atoms with Gasteiger partial charge in [-0.05, 0) is 59.0 Å². The van der Waals surface area contributed by atoms with Crippen molar-refractivity contribution in [2.24, 2.45) is 10.9 Å². The number of likely N-dealkylation sites (N-methyl/N-ethyl adjacent to an activating group) is 1. The lowest BCUT2D eigenvalue weighted by Crippen LogP contribution is -2.42. The normalized spacial score (nSPS) is 22.3. The number of hydrogen-bond acceptors (Lipinski definition) is 5. The Morgan fingerprint density at radius 1 is 1.30 bits per heavy atom. The highest BCUT2D eigenvalue weighted by molar-refractivity contribution is 5.97. The van der Waals surface area contributed by atoms with Crippen molar-refractivity contribution in [3.63, 3.8) is 0 Å². The lowest BCUT2D eigenvalue weighted by molar-refractivity contribution is 0.0377. The summed E-state index contributed by atoms with van der Waals surface area (Å²) in [7, 11) is 4.14. The van der Waals surface area contributed by atoms with Gasteiger partial charge in [-0.3, -0.25) is 4.57 Å². The standard InChI is InChI=1S/C21H29N5O/c1-21(2,27)15-13-14-9-10-18(22-11-12-25(3)4)24-19(14)26-17-8-6-5-7-16(17)23-20(15)26/h5-8,10,14-15,22,27H,9,11-13H2,1-4H3/t14-,15+/m0/s1. The predicted molar refractivity (Wildman–Crippen MR) is 109 cm³/mol. The van der Waals surface area contributed by atoms with Crippen molar-refractivity contribution in [3.8, 4) is 0 Å². The van der Waals surface area contributed by atoms with Crippen molar-refractivity contribution in [2.45, 2.75) is 38.2 Å². The Kier molecular flexibility index (Phi) is 4.56. The Balaban J connectivity index is 1.76. The largest absolute Gasteiger partial charge is 0.390 e. The highest BCUT2D eigenvalue weighted by atomic mass is 16.3. The summed E-state index contributed by atoms with van der Waals surface area (Å²) in [6, 6.07) is 8.17. The Morgan fingerprint density at radius 3 is 2.81 bits per heavy atom. The van der Waals surface area contributed by atoms with Crippen LogP contribution in [-0.2, 0) is 0 Å². The lowest BCUT2D eigenvalue weighted by atomic mass is 9.78. The molecule has 144 valence electrons. The monoisotopic (exact) mass is 367 g/mol. The van der Waals surface area contributed by atoms with Crippen LogP contribution in [0.2, 0.25) is 0 Å². The van der Waals surface area contributed by atoms with Gasteiger partial charge in [-0.15, -0.1) is 0 Å². The highest BCUT2D eigenvalue weighted by Crippen LogP contribution is 2.42. The number of fused-ring (bicyclic) bond motifs is 5. The third-order valence-electron chi connectivity index (χ3n) is 5.56. The smallest absolute Gasteiger partial charge is 0.124 e. The molecule has 2 aliphatic heterocycles. The maximum atomic E-state index is 10.8. The molecule has 0 bridgehead atoms. The van der Waals surface area contributed by atoms with Gasteiger partial charge in [0.15, 0.2) is 0 Å².